The lowest BCUT2D eigenvalue weighted by molar-refractivity contribution is -0.384. The first-order valence-electron chi connectivity index (χ1n) is 8.82. The van der Waals surface area contributed by atoms with Crippen LogP contribution in [0.25, 0.3) is 10.8 Å². The Kier molecular flexibility index (Phi) is 7.17. The van der Waals surface area contributed by atoms with Gasteiger partial charge in [0.25, 0.3) is 11.6 Å². The number of alkyl halides is 3. The molecule has 0 aliphatic rings. The zero-order valence-electron chi connectivity index (χ0n) is 15.6. The summed E-state index contributed by atoms with van der Waals surface area (Å²) < 4.78 is -1.97. The van der Waals surface area contributed by atoms with Crippen LogP contribution in [0.3, 0.4) is 0 Å². The fourth-order valence-corrected chi connectivity index (χ4v) is 3.35. The van der Waals surface area contributed by atoms with Gasteiger partial charge in [0.05, 0.1) is 4.92 Å². The van der Waals surface area contributed by atoms with Crippen molar-refractivity contribution in [3.05, 3.63) is 82.4 Å². The zero-order valence-corrected chi connectivity index (χ0v) is 18.7. The van der Waals surface area contributed by atoms with Crippen LogP contribution in [0, 0.1) is 10.1 Å². The average molecular weight is 498 g/mol. The Morgan fingerprint density at radius 2 is 1.68 bits per heavy atom. The van der Waals surface area contributed by atoms with Gasteiger partial charge in [-0.2, -0.15) is 0 Å². The van der Waals surface area contributed by atoms with Crippen molar-refractivity contribution in [2.45, 2.75) is 9.96 Å². The van der Waals surface area contributed by atoms with E-state index in [2.05, 4.69) is 16.0 Å². The number of nitro benzene ring substituents is 1. The average Bonchev–Trinajstić information content (AvgIpc) is 2.73. The molecule has 0 saturated heterocycles. The Morgan fingerprint density at radius 3 is 2.39 bits per heavy atom. The minimum Gasteiger partial charge on any atom is -0.339 e. The van der Waals surface area contributed by atoms with E-state index in [1.165, 1.54) is 18.2 Å². The van der Waals surface area contributed by atoms with Crippen LogP contribution in [0.1, 0.15) is 10.4 Å². The number of carbonyl (C=O) groups excluding carboxylic acids is 1. The van der Waals surface area contributed by atoms with Gasteiger partial charge >= 0.3 is 0 Å². The molecule has 0 aromatic heterocycles. The normalized spacial score (nSPS) is 12.1. The highest BCUT2D eigenvalue weighted by Gasteiger charge is 2.35. The molecule has 0 aliphatic carbocycles. The van der Waals surface area contributed by atoms with Crippen LogP contribution in [0.4, 0.5) is 11.4 Å². The van der Waals surface area contributed by atoms with E-state index in [4.69, 9.17) is 47.0 Å². The lowest BCUT2D eigenvalue weighted by atomic mass is 10.1. The SMILES string of the molecule is O=C(N[C@@H](NC(=S)Nc1cccc2ccccc12)C(Cl)(Cl)Cl)c1cccc([N+](=O)[O-])c1. The number of non-ortho nitro benzene ring substituents is 1. The van der Waals surface area contributed by atoms with Gasteiger partial charge in [-0.05, 0) is 29.7 Å². The molecule has 3 rings (SSSR count). The summed E-state index contributed by atoms with van der Waals surface area (Å²) in [5, 5.41) is 21.3. The monoisotopic (exact) mass is 496 g/mol. The largest absolute Gasteiger partial charge is 0.339 e. The van der Waals surface area contributed by atoms with E-state index in [1.807, 2.05) is 42.5 Å². The van der Waals surface area contributed by atoms with E-state index in [0.717, 1.165) is 22.5 Å². The Morgan fingerprint density at radius 1 is 1.00 bits per heavy atom. The molecule has 160 valence electrons. The van der Waals surface area contributed by atoms with Crippen LogP contribution >= 0.6 is 47.0 Å². The molecular formula is C20H15Cl3N4O3S. The van der Waals surface area contributed by atoms with Crippen molar-refractivity contribution in [3.63, 3.8) is 0 Å². The molecule has 0 unspecified atom stereocenters. The van der Waals surface area contributed by atoms with Crippen molar-refractivity contribution in [1.29, 1.82) is 0 Å². The van der Waals surface area contributed by atoms with Gasteiger partial charge in [-0.3, -0.25) is 14.9 Å². The molecule has 0 saturated carbocycles. The molecule has 0 fully saturated rings. The van der Waals surface area contributed by atoms with Gasteiger partial charge in [0.1, 0.15) is 6.17 Å². The number of nitrogens with one attached hydrogen (secondary N) is 3. The van der Waals surface area contributed by atoms with Crippen LogP contribution in [0.15, 0.2) is 66.7 Å². The number of fused-ring (bicyclic) bond motifs is 1. The van der Waals surface area contributed by atoms with Crippen molar-refractivity contribution in [1.82, 2.24) is 10.6 Å². The fourth-order valence-electron chi connectivity index (χ4n) is 2.80. The van der Waals surface area contributed by atoms with Crippen molar-refractivity contribution in [2.24, 2.45) is 0 Å². The Labute approximate surface area is 197 Å². The summed E-state index contributed by atoms with van der Waals surface area (Å²) in [4.78, 5) is 22.9. The van der Waals surface area contributed by atoms with E-state index >= 15 is 0 Å². The van der Waals surface area contributed by atoms with Gasteiger partial charge in [0.2, 0.25) is 3.79 Å². The third-order valence-corrected chi connectivity index (χ3v) is 5.11. The minimum absolute atomic E-state index is 0.0307. The molecule has 0 radical (unpaired) electrons. The van der Waals surface area contributed by atoms with Gasteiger partial charge < -0.3 is 16.0 Å². The maximum absolute atomic E-state index is 12.6. The van der Waals surface area contributed by atoms with E-state index in [-0.39, 0.29) is 16.4 Å². The quantitative estimate of drug-likeness (QED) is 0.148. The van der Waals surface area contributed by atoms with E-state index in [1.54, 1.807) is 0 Å². The predicted octanol–water partition coefficient (Wildman–Crippen LogP) is 5.16. The lowest BCUT2D eigenvalue weighted by Crippen LogP contribution is -2.56. The molecule has 3 aromatic carbocycles. The molecule has 0 heterocycles. The molecule has 3 N–H and O–H groups in total. The number of nitrogens with zero attached hydrogens (tertiary/aromatic N) is 1. The van der Waals surface area contributed by atoms with Gasteiger partial charge in [-0.15, -0.1) is 0 Å². The van der Waals surface area contributed by atoms with Gasteiger partial charge in [-0.25, -0.2) is 0 Å². The van der Waals surface area contributed by atoms with Crippen LogP contribution in [0.2, 0.25) is 0 Å². The first-order chi connectivity index (χ1) is 14.6. The summed E-state index contributed by atoms with van der Waals surface area (Å²) in [6.07, 6.45) is -1.22. The summed E-state index contributed by atoms with van der Waals surface area (Å²) >= 11 is 23.4. The van der Waals surface area contributed by atoms with Crippen LogP contribution in [-0.2, 0) is 0 Å². The summed E-state index contributed by atoms with van der Waals surface area (Å²) in [6.45, 7) is 0. The summed E-state index contributed by atoms with van der Waals surface area (Å²) in [6, 6.07) is 18.5. The molecule has 7 nitrogen and oxygen atoms in total. The van der Waals surface area contributed by atoms with Crippen molar-refractivity contribution in [3.8, 4) is 0 Å². The number of amides is 1. The first-order valence-corrected chi connectivity index (χ1v) is 10.4. The molecule has 3 aromatic rings. The topological polar surface area (TPSA) is 96.3 Å². The summed E-state index contributed by atoms with van der Waals surface area (Å²) in [5.41, 5.74) is 0.519. The van der Waals surface area contributed by atoms with E-state index < -0.39 is 20.8 Å². The van der Waals surface area contributed by atoms with Crippen molar-refractivity contribution in [2.75, 3.05) is 5.32 Å². The second-order valence-corrected chi connectivity index (χ2v) is 9.16. The third kappa shape index (κ3) is 5.95. The Hall–Kier alpha value is -2.65. The van der Waals surface area contributed by atoms with Gasteiger partial charge in [0, 0.05) is 28.8 Å². The van der Waals surface area contributed by atoms with Crippen LogP contribution < -0.4 is 16.0 Å². The first kappa shape index (κ1) is 23.0. The molecule has 0 bridgehead atoms. The smallest absolute Gasteiger partial charge is 0.270 e. The van der Waals surface area contributed by atoms with Gasteiger partial charge in [-0.1, -0.05) is 77.3 Å². The molecule has 0 spiro atoms. The number of nitro groups is 1. The van der Waals surface area contributed by atoms with E-state index in [9.17, 15) is 14.9 Å². The molecule has 11 heteroatoms. The standard InChI is InChI=1S/C20H15Cl3N4O3S/c21-20(22,23)18(25-17(28)13-7-3-8-14(11-13)27(29)30)26-19(31)24-16-10-4-6-12-5-1-2-9-15(12)16/h1-11,18H,(H,25,28)(H2,24,26,31)/t18-/m0/s1. The number of carbonyl (C=O) groups is 1. The highest BCUT2D eigenvalue weighted by Crippen LogP contribution is 2.30. The second-order valence-electron chi connectivity index (χ2n) is 6.38. The summed E-state index contributed by atoms with van der Waals surface area (Å²) in [7, 11) is 0. The Balaban J connectivity index is 1.75. The van der Waals surface area contributed by atoms with Gasteiger partial charge in [0.15, 0.2) is 5.11 Å². The molecule has 31 heavy (non-hydrogen) atoms. The summed E-state index contributed by atoms with van der Waals surface area (Å²) in [5.74, 6) is -0.680. The number of rotatable bonds is 5. The maximum Gasteiger partial charge on any atom is 0.270 e. The molecule has 1 amide bonds. The number of hydrogen-bond donors (Lipinski definition) is 3. The molecule has 0 aliphatic heterocycles. The number of hydrogen-bond acceptors (Lipinski definition) is 4. The second kappa shape index (κ2) is 9.65. The highest BCUT2D eigenvalue weighted by molar-refractivity contribution is 7.80. The van der Waals surface area contributed by atoms with Crippen molar-refractivity contribution >= 4 is 80.2 Å². The number of halogens is 3. The lowest BCUT2D eigenvalue weighted by Gasteiger charge is -2.28. The predicted molar refractivity (Wildman–Crippen MR) is 128 cm³/mol. The molecule has 1 atom stereocenters. The van der Waals surface area contributed by atoms with Crippen molar-refractivity contribution < 1.29 is 9.72 Å². The Bertz CT molecular complexity index is 1150. The zero-order chi connectivity index (χ0) is 22.6. The maximum atomic E-state index is 12.6. The third-order valence-electron chi connectivity index (χ3n) is 4.24. The van der Waals surface area contributed by atoms with E-state index in [0.29, 0.717) is 0 Å². The minimum atomic E-state index is -1.97. The number of thiocarbonyl (C=S) groups is 1. The number of anilines is 1. The highest BCUT2D eigenvalue weighted by atomic mass is 35.6. The fraction of sp³-hybridized carbons (Fsp3) is 0.100. The van der Waals surface area contributed by atoms with Crippen LogP contribution in [-0.4, -0.2) is 25.9 Å². The van der Waals surface area contributed by atoms with Crippen LogP contribution in [0.5, 0.6) is 0 Å². The number of benzene rings is 3. The molecular weight excluding hydrogens is 483 g/mol.